The van der Waals surface area contributed by atoms with Crippen LogP contribution in [0.15, 0.2) is 84.9 Å². The zero-order valence-corrected chi connectivity index (χ0v) is 13.4. The van der Waals surface area contributed by atoms with E-state index < -0.39 is 0 Å². The van der Waals surface area contributed by atoms with E-state index in [-0.39, 0.29) is 16.7 Å². The predicted molar refractivity (Wildman–Crippen MR) is 97.7 cm³/mol. The molecule has 0 aromatic heterocycles. The van der Waals surface area contributed by atoms with E-state index in [4.69, 9.17) is 10.4 Å². The second kappa shape index (κ2) is 7.57. The third-order valence-electron chi connectivity index (χ3n) is 3.83. The molecule has 0 fully saturated rings. The summed E-state index contributed by atoms with van der Waals surface area (Å²) in [6.07, 6.45) is 3.36. The molecule has 2 N–H and O–H groups in total. The average molecular weight is 331 g/mol. The predicted octanol–water partition coefficient (Wildman–Crippen LogP) is 4.83. The SMILES string of the molecule is O=C(C=Cc1ccccc1)c1ccc(-c2ccc(N(O)O)cc2)cc1. The second-order valence-corrected chi connectivity index (χ2v) is 5.52. The van der Waals surface area contributed by atoms with Gasteiger partial charge in [0.05, 0.1) is 5.69 Å². The van der Waals surface area contributed by atoms with Crippen LogP contribution in [0.1, 0.15) is 15.9 Å². The van der Waals surface area contributed by atoms with E-state index in [1.54, 1.807) is 48.6 Å². The molecule has 0 bridgehead atoms. The highest BCUT2D eigenvalue weighted by atomic mass is 16.8. The van der Waals surface area contributed by atoms with Crippen LogP contribution >= 0.6 is 0 Å². The number of allylic oxidation sites excluding steroid dienone is 1. The van der Waals surface area contributed by atoms with Gasteiger partial charge in [0.2, 0.25) is 0 Å². The number of rotatable bonds is 5. The van der Waals surface area contributed by atoms with Crippen LogP contribution < -0.4 is 5.23 Å². The van der Waals surface area contributed by atoms with Crippen LogP contribution in [-0.4, -0.2) is 16.2 Å². The lowest BCUT2D eigenvalue weighted by molar-refractivity contribution is 0.0291. The molecule has 4 nitrogen and oxygen atoms in total. The number of hydrogen-bond acceptors (Lipinski definition) is 4. The van der Waals surface area contributed by atoms with Gasteiger partial charge in [-0.25, -0.2) is 0 Å². The summed E-state index contributed by atoms with van der Waals surface area (Å²) in [7, 11) is 0. The van der Waals surface area contributed by atoms with Crippen molar-refractivity contribution in [2.45, 2.75) is 0 Å². The molecule has 4 heteroatoms. The lowest BCUT2D eigenvalue weighted by Crippen LogP contribution is -2.10. The van der Waals surface area contributed by atoms with Crippen LogP contribution in [0.5, 0.6) is 0 Å². The molecule has 3 aromatic carbocycles. The summed E-state index contributed by atoms with van der Waals surface area (Å²) in [6, 6.07) is 23.7. The zero-order chi connectivity index (χ0) is 17.6. The molecule has 0 atom stereocenters. The molecule has 0 unspecified atom stereocenters. The summed E-state index contributed by atoms with van der Waals surface area (Å²) >= 11 is 0. The Morgan fingerprint density at radius 2 is 1.32 bits per heavy atom. The van der Waals surface area contributed by atoms with Crippen molar-refractivity contribution in [3.63, 3.8) is 0 Å². The first kappa shape index (κ1) is 16.6. The Morgan fingerprint density at radius 1 is 0.760 bits per heavy atom. The van der Waals surface area contributed by atoms with Crippen molar-refractivity contribution in [2.24, 2.45) is 0 Å². The smallest absolute Gasteiger partial charge is 0.185 e. The normalized spacial score (nSPS) is 10.8. The largest absolute Gasteiger partial charge is 0.289 e. The Kier molecular flexibility index (Phi) is 5.04. The molecule has 0 amide bonds. The van der Waals surface area contributed by atoms with Crippen LogP contribution in [0.25, 0.3) is 17.2 Å². The number of carbonyl (C=O) groups excluding carboxylic acids is 1. The molecule has 25 heavy (non-hydrogen) atoms. The molecule has 3 aromatic rings. The molecule has 0 aliphatic rings. The molecule has 124 valence electrons. The Morgan fingerprint density at radius 3 is 1.88 bits per heavy atom. The number of benzene rings is 3. The molecular formula is C21H17NO3. The highest BCUT2D eigenvalue weighted by molar-refractivity contribution is 6.07. The van der Waals surface area contributed by atoms with Crippen molar-refractivity contribution in [2.75, 3.05) is 5.23 Å². The van der Waals surface area contributed by atoms with Gasteiger partial charge in [-0.2, -0.15) is 0 Å². The maximum Gasteiger partial charge on any atom is 0.185 e. The highest BCUT2D eigenvalue weighted by Gasteiger charge is 2.04. The van der Waals surface area contributed by atoms with Crippen LogP contribution in [0.2, 0.25) is 0 Å². The minimum Gasteiger partial charge on any atom is -0.289 e. The van der Waals surface area contributed by atoms with Gasteiger partial charge in [-0.1, -0.05) is 72.8 Å². The maximum atomic E-state index is 12.2. The standard InChI is InChI=1S/C21H17NO3/c23-21(15-6-16-4-2-1-3-5-16)19-9-7-17(8-10-19)18-11-13-20(14-12-18)22(24)25/h1-15,24-25H. The van der Waals surface area contributed by atoms with Crippen LogP contribution in [0, 0.1) is 0 Å². The van der Waals surface area contributed by atoms with E-state index in [9.17, 15) is 4.79 Å². The van der Waals surface area contributed by atoms with Crippen molar-refractivity contribution in [1.29, 1.82) is 0 Å². The Balaban J connectivity index is 1.73. The van der Waals surface area contributed by atoms with Gasteiger partial charge in [0.15, 0.2) is 5.78 Å². The summed E-state index contributed by atoms with van der Waals surface area (Å²) < 4.78 is 0. The third kappa shape index (κ3) is 4.20. The molecule has 0 saturated heterocycles. The molecule has 0 saturated carbocycles. The lowest BCUT2D eigenvalue weighted by atomic mass is 10.0. The minimum atomic E-state index is -0.0537. The van der Waals surface area contributed by atoms with Crippen molar-refractivity contribution < 1.29 is 15.2 Å². The molecule has 0 spiro atoms. The molecular weight excluding hydrogens is 314 g/mol. The van der Waals surface area contributed by atoms with E-state index in [2.05, 4.69) is 0 Å². The summed E-state index contributed by atoms with van der Waals surface area (Å²) in [5.74, 6) is -0.0537. The zero-order valence-electron chi connectivity index (χ0n) is 13.4. The topological polar surface area (TPSA) is 60.8 Å². The van der Waals surface area contributed by atoms with Gasteiger partial charge >= 0.3 is 0 Å². The lowest BCUT2D eigenvalue weighted by Gasteiger charge is -2.08. The minimum absolute atomic E-state index is 0.0537. The van der Waals surface area contributed by atoms with Crippen molar-refractivity contribution in [3.8, 4) is 11.1 Å². The molecule has 3 rings (SSSR count). The average Bonchev–Trinajstić information content (AvgIpc) is 2.67. The fourth-order valence-corrected chi connectivity index (χ4v) is 2.45. The number of nitrogens with zero attached hydrogens (tertiary/aromatic N) is 1. The van der Waals surface area contributed by atoms with E-state index >= 15 is 0 Å². The summed E-state index contributed by atoms with van der Waals surface area (Å²) in [5.41, 5.74) is 3.74. The van der Waals surface area contributed by atoms with E-state index in [0.29, 0.717) is 5.56 Å². The fraction of sp³-hybridized carbons (Fsp3) is 0. The first-order valence-electron chi connectivity index (χ1n) is 7.79. The third-order valence-corrected chi connectivity index (χ3v) is 3.83. The van der Waals surface area contributed by atoms with Crippen molar-refractivity contribution in [1.82, 2.24) is 0 Å². The summed E-state index contributed by atoms with van der Waals surface area (Å²) in [4.78, 5) is 12.2. The number of ketones is 1. The summed E-state index contributed by atoms with van der Waals surface area (Å²) in [5, 5.41) is 18.0. The molecule has 0 aliphatic carbocycles. The fourth-order valence-electron chi connectivity index (χ4n) is 2.45. The van der Waals surface area contributed by atoms with E-state index in [1.807, 2.05) is 42.5 Å². The molecule has 0 aliphatic heterocycles. The van der Waals surface area contributed by atoms with Gasteiger partial charge in [0.25, 0.3) is 0 Å². The first-order valence-corrected chi connectivity index (χ1v) is 7.79. The van der Waals surface area contributed by atoms with Gasteiger partial charge in [-0.05, 0) is 34.9 Å². The first-order chi connectivity index (χ1) is 12.1. The number of hydrogen-bond donors (Lipinski definition) is 2. The van der Waals surface area contributed by atoms with Gasteiger partial charge in [-0.3, -0.25) is 15.2 Å². The summed E-state index contributed by atoms with van der Waals surface area (Å²) in [6.45, 7) is 0. The second-order valence-electron chi connectivity index (χ2n) is 5.52. The van der Waals surface area contributed by atoms with E-state index in [0.717, 1.165) is 16.7 Å². The van der Waals surface area contributed by atoms with Gasteiger partial charge in [0, 0.05) is 5.56 Å². The number of carbonyl (C=O) groups is 1. The highest BCUT2D eigenvalue weighted by Crippen LogP contribution is 2.23. The van der Waals surface area contributed by atoms with Gasteiger partial charge in [0.1, 0.15) is 0 Å². The molecule has 0 heterocycles. The van der Waals surface area contributed by atoms with E-state index in [1.165, 1.54) is 0 Å². The van der Waals surface area contributed by atoms with Gasteiger partial charge < -0.3 is 0 Å². The Hall–Kier alpha value is -3.21. The monoisotopic (exact) mass is 331 g/mol. The Labute approximate surface area is 145 Å². The quantitative estimate of drug-likeness (QED) is 0.399. The van der Waals surface area contributed by atoms with Crippen LogP contribution in [0.4, 0.5) is 5.69 Å². The maximum absolute atomic E-state index is 12.2. The molecule has 0 radical (unpaired) electrons. The van der Waals surface area contributed by atoms with Crippen molar-refractivity contribution in [3.05, 3.63) is 96.1 Å². The number of anilines is 1. The van der Waals surface area contributed by atoms with Crippen LogP contribution in [0.3, 0.4) is 0 Å². The Bertz CT molecular complexity index is 867. The van der Waals surface area contributed by atoms with Gasteiger partial charge in [-0.15, -0.1) is 5.23 Å². The van der Waals surface area contributed by atoms with Crippen molar-refractivity contribution >= 4 is 17.5 Å². The van der Waals surface area contributed by atoms with Crippen LogP contribution in [-0.2, 0) is 0 Å².